The molecule has 1 N–H and O–H groups in total. The number of nitrogens with one attached hydrogen (secondary N) is 1. The maximum atomic E-state index is 13.5. The molecule has 0 aliphatic heterocycles. The van der Waals surface area contributed by atoms with Gasteiger partial charge in [0.15, 0.2) is 12.0 Å². The Bertz CT molecular complexity index is 1070. The van der Waals surface area contributed by atoms with E-state index in [0.29, 0.717) is 10.9 Å². The summed E-state index contributed by atoms with van der Waals surface area (Å²) in [5.74, 6) is -2.28. The lowest BCUT2D eigenvalue weighted by Crippen LogP contribution is -2.28. The monoisotopic (exact) mass is 369 g/mol. The number of hydrogen-bond donors (Lipinski definition) is 1. The lowest BCUT2D eigenvalue weighted by atomic mass is 10.1. The van der Waals surface area contributed by atoms with Crippen LogP contribution in [0.15, 0.2) is 57.7 Å². The molecule has 6 nitrogen and oxygen atoms in total. The quantitative estimate of drug-likeness (QED) is 0.699. The minimum atomic E-state index is -0.935. The molecule has 1 heterocycles. The molecule has 2 aromatic carbocycles. The fraction of sp³-hybridized carbons (Fsp3) is 0.150. The summed E-state index contributed by atoms with van der Waals surface area (Å²) in [7, 11) is 0. The highest BCUT2D eigenvalue weighted by atomic mass is 19.1. The fourth-order valence-electron chi connectivity index (χ4n) is 2.46. The van der Waals surface area contributed by atoms with Crippen molar-refractivity contribution in [3.63, 3.8) is 0 Å². The molecule has 3 rings (SSSR count). The van der Waals surface area contributed by atoms with E-state index in [-0.39, 0.29) is 23.3 Å². The summed E-state index contributed by atoms with van der Waals surface area (Å²) in [4.78, 5) is 35.9. The molecule has 0 unspecified atom stereocenters. The minimum Gasteiger partial charge on any atom is -0.450 e. The maximum absolute atomic E-state index is 13.5. The number of aryl methyl sites for hydroxylation is 1. The van der Waals surface area contributed by atoms with Crippen molar-refractivity contribution >= 4 is 22.8 Å². The third kappa shape index (κ3) is 4.38. The van der Waals surface area contributed by atoms with E-state index in [1.807, 2.05) is 6.92 Å². The van der Waals surface area contributed by atoms with Gasteiger partial charge in [0.05, 0.1) is 5.39 Å². The molecule has 27 heavy (non-hydrogen) atoms. The van der Waals surface area contributed by atoms with Crippen molar-refractivity contribution < 1.29 is 23.1 Å². The Balaban J connectivity index is 1.61. The number of benzene rings is 2. The first-order valence-electron chi connectivity index (χ1n) is 8.16. The van der Waals surface area contributed by atoms with E-state index in [0.717, 1.165) is 11.6 Å². The molecule has 0 saturated heterocycles. The first-order chi connectivity index (χ1) is 12.9. The molecular formula is C20H16FNO5. The molecule has 0 aliphatic carbocycles. The van der Waals surface area contributed by atoms with Gasteiger partial charge in [-0.05, 0) is 25.1 Å². The summed E-state index contributed by atoms with van der Waals surface area (Å²) in [6, 6.07) is 12.0. The Kier molecular flexibility index (Phi) is 5.30. The summed E-state index contributed by atoms with van der Waals surface area (Å²) in [5, 5.41) is 2.80. The van der Waals surface area contributed by atoms with Crippen LogP contribution in [0.1, 0.15) is 21.7 Å². The Morgan fingerprint density at radius 3 is 2.70 bits per heavy atom. The number of amides is 1. The second kappa shape index (κ2) is 7.82. The highest BCUT2D eigenvalue weighted by Crippen LogP contribution is 2.14. The van der Waals surface area contributed by atoms with Crippen LogP contribution in [0.3, 0.4) is 0 Å². The molecule has 0 aliphatic rings. The predicted octanol–water partition coefficient (Wildman–Crippen LogP) is 2.71. The Morgan fingerprint density at radius 1 is 1.15 bits per heavy atom. The van der Waals surface area contributed by atoms with Crippen molar-refractivity contribution in [2.24, 2.45) is 0 Å². The van der Waals surface area contributed by atoms with Gasteiger partial charge in [-0.2, -0.15) is 0 Å². The Hall–Kier alpha value is -3.48. The smallest absolute Gasteiger partial charge is 0.374 e. The summed E-state index contributed by atoms with van der Waals surface area (Å²) in [6.07, 6.45) is 0. The number of halogens is 1. The number of carbonyl (C=O) groups excluding carboxylic acids is 2. The van der Waals surface area contributed by atoms with Crippen LogP contribution < -0.4 is 10.7 Å². The van der Waals surface area contributed by atoms with Crippen LogP contribution >= 0.6 is 0 Å². The molecule has 0 saturated carbocycles. The third-order valence-electron chi connectivity index (χ3n) is 3.85. The van der Waals surface area contributed by atoms with E-state index < -0.39 is 24.3 Å². The van der Waals surface area contributed by atoms with Crippen molar-refractivity contribution in [2.45, 2.75) is 13.5 Å². The molecule has 1 amide bonds. The normalized spacial score (nSPS) is 10.6. The average molecular weight is 369 g/mol. The number of carbonyl (C=O) groups is 2. The van der Waals surface area contributed by atoms with Crippen LogP contribution in [0.2, 0.25) is 0 Å². The second-order valence-corrected chi connectivity index (χ2v) is 5.92. The van der Waals surface area contributed by atoms with Crippen molar-refractivity contribution in [1.82, 2.24) is 5.32 Å². The van der Waals surface area contributed by atoms with Crippen LogP contribution in [-0.4, -0.2) is 18.5 Å². The first kappa shape index (κ1) is 18.3. The SMILES string of the molecule is Cc1ccc2oc(C(=O)OCC(=O)NCc3ccccc3F)cc(=O)c2c1. The molecule has 0 bridgehead atoms. The Morgan fingerprint density at radius 2 is 1.93 bits per heavy atom. The van der Waals surface area contributed by atoms with Gasteiger partial charge in [0.2, 0.25) is 5.76 Å². The second-order valence-electron chi connectivity index (χ2n) is 5.92. The number of fused-ring (bicyclic) bond motifs is 1. The number of esters is 1. The third-order valence-corrected chi connectivity index (χ3v) is 3.85. The van der Waals surface area contributed by atoms with E-state index >= 15 is 0 Å². The van der Waals surface area contributed by atoms with Gasteiger partial charge in [-0.15, -0.1) is 0 Å². The summed E-state index contributed by atoms with van der Waals surface area (Å²) in [5.41, 5.74) is 1.07. The molecule has 0 fully saturated rings. The zero-order chi connectivity index (χ0) is 19.4. The van der Waals surface area contributed by atoms with Gasteiger partial charge in [0.1, 0.15) is 11.4 Å². The standard InChI is InChI=1S/C20H16FNO5/c1-12-6-7-17-14(8-12)16(23)9-18(27-17)20(25)26-11-19(24)22-10-13-4-2-3-5-15(13)21/h2-9H,10-11H2,1H3,(H,22,24). The molecule has 138 valence electrons. The summed E-state index contributed by atoms with van der Waals surface area (Å²) >= 11 is 0. The maximum Gasteiger partial charge on any atom is 0.374 e. The fourth-order valence-corrected chi connectivity index (χ4v) is 2.46. The molecule has 0 atom stereocenters. The largest absolute Gasteiger partial charge is 0.450 e. The van der Waals surface area contributed by atoms with E-state index in [9.17, 15) is 18.8 Å². The lowest BCUT2D eigenvalue weighted by Gasteiger charge is -2.07. The van der Waals surface area contributed by atoms with Crippen LogP contribution in [-0.2, 0) is 16.1 Å². The van der Waals surface area contributed by atoms with Gasteiger partial charge in [0, 0.05) is 18.2 Å². The van der Waals surface area contributed by atoms with Gasteiger partial charge in [-0.3, -0.25) is 9.59 Å². The zero-order valence-electron chi connectivity index (χ0n) is 14.5. The van der Waals surface area contributed by atoms with Crippen molar-refractivity contribution in [3.8, 4) is 0 Å². The van der Waals surface area contributed by atoms with Gasteiger partial charge in [0.25, 0.3) is 5.91 Å². The highest BCUT2D eigenvalue weighted by molar-refractivity contribution is 5.90. The molecule has 3 aromatic rings. The number of ether oxygens (including phenoxy) is 1. The summed E-state index contributed by atoms with van der Waals surface area (Å²) < 4.78 is 23.7. The van der Waals surface area contributed by atoms with Crippen molar-refractivity contribution in [3.05, 3.63) is 81.5 Å². The van der Waals surface area contributed by atoms with Gasteiger partial charge < -0.3 is 14.5 Å². The molecule has 0 spiro atoms. The zero-order valence-corrected chi connectivity index (χ0v) is 14.5. The average Bonchev–Trinajstić information content (AvgIpc) is 2.65. The van der Waals surface area contributed by atoms with E-state index in [4.69, 9.17) is 9.15 Å². The predicted molar refractivity (Wildman–Crippen MR) is 95.8 cm³/mol. The topological polar surface area (TPSA) is 85.6 Å². The van der Waals surface area contributed by atoms with Crippen LogP contribution in [0.25, 0.3) is 11.0 Å². The highest BCUT2D eigenvalue weighted by Gasteiger charge is 2.15. The van der Waals surface area contributed by atoms with Gasteiger partial charge in [-0.1, -0.05) is 29.8 Å². The van der Waals surface area contributed by atoms with Crippen LogP contribution in [0.5, 0.6) is 0 Å². The van der Waals surface area contributed by atoms with Gasteiger partial charge >= 0.3 is 5.97 Å². The summed E-state index contributed by atoms with van der Waals surface area (Å²) in [6.45, 7) is 1.22. The van der Waals surface area contributed by atoms with Crippen molar-refractivity contribution in [1.29, 1.82) is 0 Å². The minimum absolute atomic E-state index is 0.0343. The molecule has 1 aromatic heterocycles. The lowest BCUT2D eigenvalue weighted by molar-refractivity contribution is -0.124. The van der Waals surface area contributed by atoms with Crippen LogP contribution in [0.4, 0.5) is 4.39 Å². The molecular weight excluding hydrogens is 353 g/mol. The van der Waals surface area contributed by atoms with E-state index in [1.165, 1.54) is 12.1 Å². The first-order valence-corrected chi connectivity index (χ1v) is 8.16. The number of rotatable bonds is 5. The molecule has 7 heteroatoms. The van der Waals surface area contributed by atoms with E-state index in [1.54, 1.807) is 30.3 Å². The van der Waals surface area contributed by atoms with Gasteiger partial charge in [-0.25, -0.2) is 9.18 Å². The van der Waals surface area contributed by atoms with Crippen LogP contribution in [0, 0.1) is 12.7 Å². The van der Waals surface area contributed by atoms with Crippen molar-refractivity contribution in [2.75, 3.05) is 6.61 Å². The number of hydrogen-bond acceptors (Lipinski definition) is 5. The molecule has 0 radical (unpaired) electrons. The Labute approximate surface area is 153 Å². The van der Waals surface area contributed by atoms with E-state index in [2.05, 4.69) is 5.32 Å².